The smallest absolute Gasteiger partial charge is 0.313 e. The van der Waals surface area contributed by atoms with Crippen molar-refractivity contribution in [2.75, 3.05) is 0 Å². The monoisotopic (exact) mass is 308 g/mol. The number of carbonyl (C=O) groups excluding carboxylic acids is 2. The van der Waals surface area contributed by atoms with E-state index >= 15 is 0 Å². The number of hydrogen-bond acceptors (Lipinski definition) is 3. The first-order valence-electron chi connectivity index (χ1n) is 8.40. The third-order valence-electron chi connectivity index (χ3n) is 2.96. The lowest BCUT2D eigenvalue weighted by atomic mass is 10.1. The fourth-order valence-electron chi connectivity index (χ4n) is 1.91. The Bertz CT molecular complexity index is 373. The summed E-state index contributed by atoms with van der Waals surface area (Å²) in [7, 11) is 0. The Labute approximate surface area is 135 Å². The number of allylic oxidation sites excluding steroid dienone is 4. The summed E-state index contributed by atoms with van der Waals surface area (Å²) in [6, 6.07) is 0. The van der Waals surface area contributed by atoms with Crippen LogP contribution in [0.4, 0.5) is 0 Å². The maximum absolute atomic E-state index is 11.6. The number of esters is 1. The zero-order valence-electron chi connectivity index (χ0n) is 14.7. The van der Waals surface area contributed by atoms with Crippen LogP contribution in [0.15, 0.2) is 24.3 Å². The van der Waals surface area contributed by atoms with Gasteiger partial charge in [0.15, 0.2) is 0 Å². The second-order valence-electron chi connectivity index (χ2n) is 6.55. The summed E-state index contributed by atoms with van der Waals surface area (Å²) in [5.41, 5.74) is -0.529. The zero-order valence-corrected chi connectivity index (χ0v) is 14.7. The van der Waals surface area contributed by atoms with Crippen LogP contribution in [-0.2, 0) is 14.3 Å². The summed E-state index contributed by atoms with van der Waals surface area (Å²) in [5, 5.41) is 0. The van der Waals surface area contributed by atoms with E-state index in [-0.39, 0.29) is 12.2 Å². The van der Waals surface area contributed by atoms with Crippen LogP contribution in [0.2, 0.25) is 0 Å². The van der Waals surface area contributed by atoms with Crippen LogP contribution in [0.5, 0.6) is 0 Å². The predicted octanol–water partition coefficient (Wildman–Crippen LogP) is 5.15. The fourth-order valence-corrected chi connectivity index (χ4v) is 1.91. The van der Waals surface area contributed by atoms with E-state index in [1.165, 1.54) is 25.7 Å². The highest BCUT2D eigenvalue weighted by Crippen LogP contribution is 2.09. The maximum atomic E-state index is 11.6. The minimum absolute atomic E-state index is 0.0672. The molecule has 0 aromatic rings. The van der Waals surface area contributed by atoms with Crippen molar-refractivity contribution in [3.63, 3.8) is 0 Å². The minimum atomic E-state index is -0.529. The van der Waals surface area contributed by atoms with Gasteiger partial charge in [0.2, 0.25) is 0 Å². The van der Waals surface area contributed by atoms with E-state index in [1.54, 1.807) is 20.8 Å². The van der Waals surface area contributed by atoms with E-state index in [1.807, 2.05) is 18.2 Å². The molecule has 0 amide bonds. The van der Waals surface area contributed by atoms with E-state index in [2.05, 4.69) is 13.0 Å². The highest BCUT2D eigenvalue weighted by molar-refractivity contribution is 5.95. The first-order valence-corrected chi connectivity index (χ1v) is 8.40. The molecular formula is C19H32O3. The topological polar surface area (TPSA) is 43.4 Å². The molecule has 0 aliphatic heterocycles. The Hall–Kier alpha value is -1.38. The van der Waals surface area contributed by atoms with Gasteiger partial charge in [-0.25, -0.2) is 0 Å². The van der Waals surface area contributed by atoms with Gasteiger partial charge in [0, 0.05) is 6.42 Å². The van der Waals surface area contributed by atoms with Crippen LogP contribution >= 0.6 is 0 Å². The van der Waals surface area contributed by atoms with Crippen LogP contribution in [0.3, 0.4) is 0 Å². The van der Waals surface area contributed by atoms with Gasteiger partial charge in [-0.2, -0.15) is 0 Å². The average molecular weight is 308 g/mol. The molecule has 0 aliphatic carbocycles. The summed E-state index contributed by atoms with van der Waals surface area (Å²) in [6.07, 6.45) is 15.3. The van der Waals surface area contributed by atoms with Gasteiger partial charge in [0.05, 0.1) is 0 Å². The maximum Gasteiger partial charge on any atom is 0.313 e. The molecule has 0 saturated heterocycles. The molecular weight excluding hydrogens is 276 g/mol. The SMILES string of the molecule is CCCCCC/C=C\C=C\CCC(=O)CC(=O)OC(C)(C)C. The van der Waals surface area contributed by atoms with Crippen LogP contribution < -0.4 is 0 Å². The van der Waals surface area contributed by atoms with Crippen molar-refractivity contribution in [1.29, 1.82) is 0 Å². The van der Waals surface area contributed by atoms with Gasteiger partial charge in [0.25, 0.3) is 0 Å². The van der Waals surface area contributed by atoms with Gasteiger partial charge >= 0.3 is 5.97 Å². The zero-order chi connectivity index (χ0) is 16.8. The van der Waals surface area contributed by atoms with Crippen molar-refractivity contribution in [1.82, 2.24) is 0 Å². The van der Waals surface area contributed by atoms with Crippen molar-refractivity contribution < 1.29 is 14.3 Å². The van der Waals surface area contributed by atoms with Gasteiger partial charge in [-0.15, -0.1) is 0 Å². The van der Waals surface area contributed by atoms with E-state index in [0.29, 0.717) is 12.8 Å². The molecule has 0 N–H and O–H groups in total. The molecule has 0 saturated carbocycles. The predicted molar refractivity (Wildman–Crippen MR) is 91.7 cm³/mol. The molecule has 0 aliphatic rings. The molecule has 0 aromatic carbocycles. The van der Waals surface area contributed by atoms with Crippen molar-refractivity contribution in [2.45, 2.75) is 84.7 Å². The van der Waals surface area contributed by atoms with Crippen molar-refractivity contribution in [2.24, 2.45) is 0 Å². The Kier molecular flexibility index (Phi) is 11.4. The molecule has 3 heteroatoms. The molecule has 22 heavy (non-hydrogen) atoms. The highest BCUT2D eigenvalue weighted by Gasteiger charge is 2.18. The van der Waals surface area contributed by atoms with Crippen molar-refractivity contribution in [3.05, 3.63) is 24.3 Å². The van der Waals surface area contributed by atoms with Crippen LogP contribution in [0.1, 0.15) is 79.1 Å². The summed E-state index contributed by atoms with van der Waals surface area (Å²) in [6.45, 7) is 7.61. The standard InChI is InChI=1S/C19H32O3/c1-5-6-7-8-9-10-11-12-13-14-15-17(20)16-18(21)22-19(2,3)4/h10-13H,5-9,14-16H2,1-4H3/b11-10-,13-12+. The van der Waals surface area contributed by atoms with Gasteiger partial charge in [-0.3, -0.25) is 9.59 Å². The average Bonchev–Trinajstić information content (AvgIpc) is 2.38. The molecule has 0 fully saturated rings. The van der Waals surface area contributed by atoms with E-state index < -0.39 is 11.6 Å². The Morgan fingerprint density at radius 2 is 1.59 bits per heavy atom. The van der Waals surface area contributed by atoms with Gasteiger partial charge in [-0.05, 0) is 40.0 Å². The number of rotatable bonds is 11. The molecule has 0 atom stereocenters. The molecule has 3 nitrogen and oxygen atoms in total. The Morgan fingerprint density at radius 3 is 2.18 bits per heavy atom. The molecule has 0 radical (unpaired) electrons. The Balaban J connectivity index is 3.69. The normalized spacial score (nSPS) is 12.2. The lowest BCUT2D eigenvalue weighted by Gasteiger charge is -2.19. The van der Waals surface area contributed by atoms with Crippen molar-refractivity contribution >= 4 is 11.8 Å². The third kappa shape index (κ3) is 15.0. The quantitative estimate of drug-likeness (QED) is 0.229. The Morgan fingerprint density at radius 1 is 0.955 bits per heavy atom. The van der Waals surface area contributed by atoms with Gasteiger partial charge in [0.1, 0.15) is 17.8 Å². The third-order valence-corrected chi connectivity index (χ3v) is 2.96. The molecule has 0 rings (SSSR count). The van der Waals surface area contributed by atoms with E-state index in [0.717, 1.165) is 6.42 Å². The minimum Gasteiger partial charge on any atom is -0.460 e. The number of unbranched alkanes of at least 4 members (excludes halogenated alkanes) is 4. The van der Waals surface area contributed by atoms with Crippen LogP contribution in [0, 0.1) is 0 Å². The van der Waals surface area contributed by atoms with Gasteiger partial charge in [-0.1, -0.05) is 50.5 Å². The number of carbonyl (C=O) groups is 2. The summed E-state index contributed by atoms with van der Waals surface area (Å²) >= 11 is 0. The molecule has 0 aromatic heterocycles. The van der Waals surface area contributed by atoms with E-state index in [4.69, 9.17) is 4.74 Å². The summed E-state index contributed by atoms with van der Waals surface area (Å²) < 4.78 is 5.12. The lowest BCUT2D eigenvalue weighted by Crippen LogP contribution is -2.25. The van der Waals surface area contributed by atoms with Crippen molar-refractivity contribution in [3.8, 4) is 0 Å². The molecule has 0 heterocycles. The van der Waals surface area contributed by atoms with Crippen LogP contribution in [-0.4, -0.2) is 17.4 Å². The number of ether oxygens (including phenoxy) is 1. The second-order valence-corrected chi connectivity index (χ2v) is 6.55. The number of Topliss-reactive ketones (excluding diaryl/α,β-unsaturated/α-hetero) is 1. The largest absolute Gasteiger partial charge is 0.460 e. The first-order chi connectivity index (χ1) is 10.3. The molecule has 0 bridgehead atoms. The fraction of sp³-hybridized carbons (Fsp3) is 0.684. The van der Waals surface area contributed by atoms with Gasteiger partial charge < -0.3 is 4.74 Å². The van der Waals surface area contributed by atoms with E-state index in [9.17, 15) is 9.59 Å². The summed E-state index contributed by atoms with van der Waals surface area (Å²) in [5.74, 6) is -0.504. The highest BCUT2D eigenvalue weighted by atomic mass is 16.6. The first kappa shape index (κ1) is 20.6. The number of ketones is 1. The number of hydrogen-bond donors (Lipinski definition) is 0. The lowest BCUT2D eigenvalue weighted by molar-refractivity contribution is -0.156. The molecule has 0 unspecified atom stereocenters. The second kappa shape index (κ2) is 12.2. The molecule has 0 spiro atoms. The summed E-state index contributed by atoms with van der Waals surface area (Å²) in [4.78, 5) is 23.1. The molecule has 126 valence electrons. The van der Waals surface area contributed by atoms with Crippen LogP contribution in [0.25, 0.3) is 0 Å².